The first kappa shape index (κ1) is 28.7. The third-order valence-corrected chi connectivity index (χ3v) is 5.36. The summed E-state index contributed by atoms with van der Waals surface area (Å²) >= 11 is 12.5. The van der Waals surface area contributed by atoms with E-state index in [-0.39, 0.29) is 13.0 Å². The number of alkyl carbamates (subject to hydrolysis) is 1. The van der Waals surface area contributed by atoms with Gasteiger partial charge in [0, 0.05) is 12.3 Å². The minimum atomic E-state index is -1.41. The van der Waals surface area contributed by atoms with Gasteiger partial charge in [0.05, 0.1) is 22.2 Å². The lowest BCUT2D eigenvalue weighted by atomic mass is 10.1. The monoisotopic (exact) mass is 526 g/mol. The van der Waals surface area contributed by atoms with Gasteiger partial charge >= 0.3 is 12.1 Å². The quantitative estimate of drug-likeness (QED) is 0.278. The van der Waals surface area contributed by atoms with Crippen LogP contribution in [0.15, 0.2) is 42.5 Å². The van der Waals surface area contributed by atoms with Crippen molar-refractivity contribution in [2.75, 3.05) is 11.9 Å². The standard InChI is InChI=1S/C25H32Cl2N2O6/c1-6-33-23(31)21(29-24(32)35-25(3,4)5)15(2)34-20(30)14-16-10-7-8-13-19(16)28-22-17(26)11-9-12-18(22)27/h7-13,15,21,23,28,31H,6,14H2,1-5H3,(H,29,32). The highest BCUT2D eigenvalue weighted by atomic mass is 35.5. The molecule has 0 saturated heterocycles. The van der Waals surface area contributed by atoms with E-state index in [2.05, 4.69) is 10.6 Å². The van der Waals surface area contributed by atoms with E-state index in [1.807, 2.05) is 6.07 Å². The summed E-state index contributed by atoms with van der Waals surface area (Å²) in [6, 6.07) is 11.2. The van der Waals surface area contributed by atoms with E-state index >= 15 is 0 Å². The molecule has 35 heavy (non-hydrogen) atoms. The second-order valence-corrected chi connectivity index (χ2v) is 9.58. The molecule has 0 bridgehead atoms. The van der Waals surface area contributed by atoms with Gasteiger partial charge in [-0.05, 0) is 58.4 Å². The van der Waals surface area contributed by atoms with Crippen molar-refractivity contribution in [3.63, 3.8) is 0 Å². The zero-order chi connectivity index (χ0) is 26.2. The summed E-state index contributed by atoms with van der Waals surface area (Å²) in [5, 5.41) is 16.9. The van der Waals surface area contributed by atoms with Gasteiger partial charge in [-0.2, -0.15) is 0 Å². The maximum atomic E-state index is 12.8. The van der Waals surface area contributed by atoms with Crippen molar-refractivity contribution in [1.82, 2.24) is 5.32 Å². The fraction of sp³-hybridized carbons (Fsp3) is 0.440. The molecule has 0 heterocycles. The number of aliphatic hydroxyl groups is 1. The van der Waals surface area contributed by atoms with Crippen molar-refractivity contribution in [2.24, 2.45) is 0 Å². The Morgan fingerprint density at radius 3 is 2.29 bits per heavy atom. The Labute approximate surface area is 215 Å². The number of amides is 1. The van der Waals surface area contributed by atoms with Crippen LogP contribution in [0.5, 0.6) is 0 Å². The van der Waals surface area contributed by atoms with E-state index in [0.29, 0.717) is 27.0 Å². The third kappa shape index (κ3) is 9.22. The van der Waals surface area contributed by atoms with Crippen molar-refractivity contribution in [3.8, 4) is 0 Å². The summed E-state index contributed by atoms with van der Waals surface area (Å²) in [6.07, 6.45) is -3.18. The maximum absolute atomic E-state index is 12.8. The number of ether oxygens (including phenoxy) is 3. The number of nitrogens with one attached hydrogen (secondary N) is 2. The van der Waals surface area contributed by atoms with E-state index < -0.39 is 36.1 Å². The third-order valence-electron chi connectivity index (χ3n) is 4.73. The molecule has 10 heteroatoms. The average Bonchev–Trinajstić information content (AvgIpc) is 2.74. The molecular formula is C25H32Cl2N2O6. The van der Waals surface area contributed by atoms with Crippen molar-refractivity contribution < 1.29 is 28.9 Å². The van der Waals surface area contributed by atoms with Gasteiger partial charge in [-0.3, -0.25) is 4.79 Å². The van der Waals surface area contributed by atoms with Gasteiger partial charge < -0.3 is 30.0 Å². The SMILES string of the molecule is CCOC(O)C(NC(=O)OC(C)(C)C)C(C)OC(=O)Cc1ccccc1Nc1c(Cl)cccc1Cl. The minimum absolute atomic E-state index is 0.0839. The summed E-state index contributed by atoms with van der Waals surface area (Å²) in [5.41, 5.74) is 1.05. The van der Waals surface area contributed by atoms with E-state index in [1.54, 1.807) is 71.0 Å². The highest BCUT2D eigenvalue weighted by molar-refractivity contribution is 6.39. The van der Waals surface area contributed by atoms with Crippen LogP contribution in [0.2, 0.25) is 10.0 Å². The number of rotatable bonds is 10. The first-order valence-corrected chi connectivity index (χ1v) is 11.9. The van der Waals surface area contributed by atoms with Gasteiger partial charge in [0.1, 0.15) is 17.7 Å². The predicted octanol–water partition coefficient (Wildman–Crippen LogP) is 5.46. The largest absolute Gasteiger partial charge is 0.460 e. The van der Waals surface area contributed by atoms with Crippen LogP contribution in [0.3, 0.4) is 0 Å². The van der Waals surface area contributed by atoms with E-state index in [4.69, 9.17) is 37.4 Å². The molecule has 0 aliphatic carbocycles. The van der Waals surface area contributed by atoms with Gasteiger partial charge in [-0.25, -0.2) is 4.79 Å². The van der Waals surface area contributed by atoms with Gasteiger partial charge in [0.2, 0.25) is 0 Å². The van der Waals surface area contributed by atoms with Crippen LogP contribution in [0.4, 0.5) is 16.2 Å². The number of benzene rings is 2. The molecular weight excluding hydrogens is 495 g/mol. The molecule has 0 saturated carbocycles. The molecule has 3 N–H and O–H groups in total. The van der Waals surface area contributed by atoms with E-state index in [0.717, 1.165) is 0 Å². The fourth-order valence-electron chi connectivity index (χ4n) is 3.16. The topological polar surface area (TPSA) is 106 Å². The highest BCUT2D eigenvalue weighted by Gasteiger charge is 2.32. The molecule has 0 aliphatic heterocycles. The zero-order valence-corrected chi connectivity index (χ0v) is 21.9. The molecule has 0 spiro atoms. The van der Waals surface area contributed by atoms with Crippen molar-refractivity contribution in [3.05, 3.63) is 58.1 Å². The van der Waals surface area contributed by atoms with Crippen molar-refractivity contribution in [1.29, 1.82) is 0 Å². The van der Waals surface area contributed by atoms with Gasteiger partial charge in [0.25, 0.3) is 0 Å². The first-order valence-electron chi connectivity index (χ1n) is 11.2. The number of aliphatic hydroxyl groups excluding tert-OH is 1. The van der Waals surface area contributed by atoms with Crippen molar-refractivity contribution in [2.45, 2.75) is 65.1 Å². The smallest absolute Gasteiger partial charge is 0.408 e. The number of halogens is 2. The summed E-state index contributed by atoms with van der Waals surface area (Å²) in [7, 11) is 0. The van der Waals surface area contributed by atoms with Crippen LogP contribution in [0, 0.1) is 0 Å². The summed E-state index contributed by atoms with van der Waals surface area (Å²) < 4.78 is 16.0. The molecule has 0 aromatic heterocycles. The zero-order valence-electron chi connectivity index (χ0n) is 20.4. The Morgan fingerprint density at radius 1 is 1.06 bits per heavy atom. The molecule has 192 valence electrons. The predicted molar refractivity (Wildman–Crippen MR) is 136 cm³/mol. The Hall–Kier alpha value is -2.52. The second-order valence-electron chi connectivity index (χ2n) is 8.77. The number of hydrogen-bond donors (Lipinski definition) is 3. The van der Waals surface area contributed by atoms with Crippen LogP contribution >= 0.6 is 23.2 Å². The molecule has 2 aromatic rings. The van der Waals surface area contributed by atoms with Crippen LogP contribution in [-0.2, 0) is 25.4 Å². The number of para-hydroxylation sites is 2. The molecule has 2 rings (SSSR count). The second kappa shape index (κ2) is 13.0. The number of esters is 1. The fourth-order valence-corrected chi connectivity index (χ4v) is 3.66. The Balaban J connectivity index is 2.12. The molecule has 1 amide bonds. The number of carbonyl (C=O) groups is 2. The molecule has 0 aliphatic rings. The van der Waals surface area contributed by atoms with E-state index in [9.17, 15) is 14.7 Å². The molecule has 8 nitrogen and oxygen atoms in total. The Kier molecular flexibility index (Phi) is 10.6. The van der Waals surface area contributed by atoms with Gasteiger partial charge in [0.15, 0.2) is 6.29 Å². The van der Waals surface area contributed by atoms with Gasteiger partial charge in [-0.1, -0.05) is 47.5 Å². The van der Waals surface area contributed by atoms with Crippen LogP contribution < -0.4 is 10.6 Å². The number of carbonyl (C=O) groups excluding carboxylic acids is 2. The molecule has 0 radical (unpaired) electrons. The molecule has 3 unspecified atom stereocenters. The average molecular weight is 527 g/mol. The van der Waals surface area contributed by atoms with Crippen molar-refractivity contribution >= 4 is 46.6 Å². The van der Waals surface area contributed by atoms with Crippen LogP contribution in [-0.4, -0.2) is 47.8 Å². The van der Waals surface area contributed by atoms with Crippen LogP contribution in [0.1, 0.15) is 40.2 Å². The Bertz CT molecular complexity index is 991. The molecule has 2 aromatic carbocycles. The van der Waals surface area contributed by atoms with Gasteiger partial charge in [-0.15, -0.1) is 0 Å². The highest BCUT2D eigenvalue weighted by Crippen LogP contribution is 2.33. The number of anilines is 2. The minimum Gasteiger partial charge on any atom is -0.460 e. The maximum Gasteiger partial charge on any atom is 0.408 e. The van der Waals surface area contributed by atoms with E-state index in [1.165, 1.54) is 0 Å². The Morgan fingerprint density at radius 2 is 1.69 bits per heavy atom. The summed E-state index contributed by atoms with van der Waals surface area (Å²) in [6.45, 7) is 8.58. The normalized spacial score (nSPS) is 13.9. The summed E-state index contributed by atoms with van der Waals surface area (Å²) in [5.74, 6) is -0.573. The lowest BCUT2D eigenvalue weighted by Crippen LogP contribution is -2.53. The first-order chi connectivity index (χ1) is 16.4. The number of hydrogen-bond acceptors (Lipinski definition) is 7. The lowest BCUT2D eigenvalue weighted by molar-refractivity contribution is -0.163. The lowest BCUT2D eigenvalue weighted by Gasteiger charge is -2.30. The van der Waals surface area contributed by atoms with Crippen LogP contribution in [0.25, 0.3) is 0 Å². The summed E-state index contributed by atoms with van der Waals surface area (Å²) in [4.78, 5) is 25.1. The molecule has 3 atom stereocenters. The molecule has 0 fully saturated rings.